The van der Waals surface area contributed by atoms with Crippen LogP contribution in [0.4, 0.5) is 0 Å². The molecule has 0 radical (unpaired) electrons. The fraction of sp³-hybridized carbons (Fsp3) is 0.941. The lowest BCUT2D eigenvalue weighted by atomic mass is 9.81. The smallest absolute Gasteiger partial charge is 0.222 e. The van der Waals surface area contributed by atoms with Crippen LogP contribution in [0.2, 0.25) is 0 Å². The number of hydrogen-bond donors (Lipinski definition) is 2. The Morgan fingerprint density at radius 1 is 1.24 bits per heavy atom. The molecule has 1 amide bonds. The molecule has 1 heterocycles. The SMILES string of the molecule is CC1CCCC(CCNC(=O)CCOC2CCNCC2)C1. The predicted molar refractivity (Wildman–Crippen MR) is 85.2 cm³/mol. The standard InChI is InChI=1S/C17H32N2O2/c1-14-3-2-4-15(13-14)5-11-19-17(20)8-12-21-16-6-9-18-10-7-16/h14-16,18H,2-13H2,1H3,(H,19,20). The lowest BCUT2D eigenvalue weighted by Crippen LogP contribution is -2.33. The molecule has 0 aromatic heterocycles. The van der Waals surface area contributed by atoms with Gasteiger partial charge < -0.3 is 15.4 Å². The highest BCUT2D eigenvalue weighted by Gasteiger charge is 2.18. The van der Waals surface area contributed by atoms with E-state index in [4.69, 9.17) is 4.74 Å². The molecule has 2 unspecified atom stereocenters. The second-order valence-electron chi connectivity index (χ2n) is 6.85. The van der Waals surface area contributed by atoms with Crippen LogP contribution in [0, 0.1) is 11.8 Å². The number of hydrogen-bond acceptors (Lipinski definition) is 3. The molecule has 2 fully saturated rings. The highest BCUT2D eigenvalue weighted by Crippen LogP contribution is 2.30. The van der Waals surface area contributed by atoms with Crippen LogP contribution in [-0.4, -0.2) is 38.3 Å². The second kappa shape index (κ2) is 9.42. The van der Waals surface area contributed by atoms with Gasteiger partial charge in [0.25, 0.3) is 0 Å². The van der Waals surface area contributed by atoms with E-state index in [1.165, 1.54) is 25.7 Å². The highest BCUT2D eigenvalue weighted by molar-refractivity contribution is 5.75. The third-order valence-corrected chi connectivity index (χ3v) is 4.89. The van der Waals surface area contributed by atoms with Crippen molar-refractivity contribution in [3.63, 3.8) is 0 Å². The van der Waals surface area contributed by atoms with E-state index in [1.54, 1.807) is 0 Å². The molecule has 0 aromatic carbocycles. The molecular formula is C17H32N2O2. The van der Waals surface area contributed by atoms with Crippen molar-refractivity contribution in [1.29, 1.82) is 0 Å². The molecular weight excluding hydrogens is 264 g/mol. The maximum Gasteiger partial charge on any atom is 0.222 e. The maximum atomic E-state index is 11.8. The quantitative estimate of drug-likeness (QED) is 0.759. The van der Waals surface area contributed by atoms with E-state index >= 15 is 0 Å². The fourth-order valence-electron chi connectivity index (χ4n) is 3.61. The number of rotatable bonds is 7. The molecule has 2 aliphatic rings. The first-order valence-electron chi connectivity index (χ1n) is 8.83. The number of carbonyl (C=O) groups excluding carboxylic acids is 1. The van der Waals surface area contributed by atoms with E-state index in [0.29, 0.717) is 19.1 Å². The first-order chi connectivity index (χ1) is 10.2. The summed E-state index contributed by atoms with van der Waals surface area (Å²) in [6, 6.07) is 0. The van der Waals surface area contributed by atoms with Crippen molar-refractivity contribution in [3.8, 4) is 0 Å². The van der Waals surface area contributed by atoms with Crippen LogP contribution in [0.3, 0.4) is 0 Å². The summed E-state index contributed by atoms with van der Waals surface area (Å²) in [7, 11) is 0. The molecule has 1 aliphatic carbocycles. The third kappa shape index (κ3) is 6.79. The van der Waals surface area contributed by atoms with Gasteiger partial charge in [-0.05, 0) is 50.6 Å². The van der Waals surface area contributed by atoms with Gasteiger partial charge in [-0.3, -0.25) is 4.79 Å². The van der Waals surface area contributed by atoms with Gasteiger partial charge in [0.2, 0.25) is 5.91 Å². The highest BCUT2D eigenvalue weighted by atomic mass is 16.5. The third-order valence-electron chi connectivity index (χ3n) is 4.89. The number of nitrogens with one attached hydrogen (secondary N) is 2. The topological polar surface area (TPSA) is 50.4 Å². The Hall–Kier alpha value is -0.610. The molecule has 122 valence electrons. The fourth-order valence-corrected chi connectivity index (χ4v) is 3.61. The van der Waals surface area contributed by atoms with Crippen LogP contribution < -0.4 is 10.6 Å². The molecule has 2 N–H and O–H groups in total. The molecule has 4 heteroatoms. The van der Waals surface area contributed by atoms with Crippen molar-refractivity contribution >= 4 is 5.91 Å². The van der Waals surface area contributed by atoms with Crippen LogP contribution in [-0.2, 0) is 9.53 Å². The van der Waals surface area contributed by atoms with Crippen molar-refractivity contribution in [2.75, 3.05) is 26.2 Å². The van der Waals surface area contributed by atoms with E-state index < -0.39 is 0 Å². The average Bonchev–Trinajstić information content (AvgIpc) is 2.48. The number of piperidine rings is 1. The molecule has 1 aliphatic heterocycles. The zero-order valence-electron chi connectivity index (χ0n) is 13.5. The number of ether oxygens (including phenoxy) is 1. The lowest BCUT2D eigenvalue weighted by molar-refractivity contribution is -0.122. The predicted octanol–water partition coefficient (Wildman–Crippen LogP) is 2.48. The Morgan fingerprint density at radius 2 is 2.05 bits per heavy atom. The van der Waals surface area contributed by atoms with Gasteiger partial charge in [-0.15, -0.1) is 0 Å². The van der Waals surface area contributed by atoms with Gasteiger partial charge in [0.15, 0.2) is 0 Å². The normalized spacial score (nSPS) is 27.5. The Bertz CT molecular complexity index is 303. The summed E-state index contributed by atoms with van der Waals surface area (Å²) < 4.78 is 5.76. The summed E-state index contributed by atoms with van der Waals surface area (Å²) in [5.74, 6) is 1.84. The van der Waals surface area contributed by atoms with Crippen molar-refractivity contribution in [1.82, 2.24) is 10.6 Å². The molecule has 4 nitrogen and oxygen atoms in total. The molecule has 0 spiro atoms. The summed E-state index contributed by atoms with van der Waals surface area (Å²) in [5, 5.41) is 6.37. The van der Waals surface area contributed by atoms with E-state index in [9.17, 15) is 4.79 Å². The van der Waals surface area contributed by atoms with Crippen molar-refractivity contribution in [2.24, 2.45) is 11.8 Å². The zero-order chi connectivity index (χ0) is 14.9. The molecule has 0 bridgehead atoms. The van der Waals surface area contributed by atoms with Crippen molar-refractivity contribution in [2.45, 2.75) is 64.4 Å². The van der Waals surface area contributed by atoms with Gasteiger partial charge in [0, 0.05) is 13.0 Å². The van der Waals surface area contributed by atoms with Gasteiger partial charge in [0.1, 0.15) is 0 Å². The first kappa shape index (κ1) is 16.8. The van der Waals surface area contributed by atoms with E-state index in [-0.39, 0.29) is 5.91 Å². The molecule has 0 aromatic rings. The van der Waals surface area contributed by atoms with Crippen LogP contribution in [0.1, 0.15) is 58.3 Å². The maximum absolute atomic E-state index is 11.8. The second-order valence-corrected chi connectivity index (χ2v) is 6.85. The summed E-state index contributed by atoms with van der Waals surface area (Å²) in [6.07, 6.45) is 9.58. The van der Waals surface area contributed by atoms with E-state index in [2.05, 4.69) is 17.6 Å². The number of carbonyl (C=O) groups is 1. The lowest BCUT2D eigenvalue weighted by Gasteiger charge is -2.26. The summed E-state index contributed by atoms with van der Waals surface area (Å²) in [6.45, 7) is 5.83. The van der Waals surface area contributed by atoms with Gasteiger partial charge in [-0.1, -0.05) is 26.2 Å². The van der Waals surface area contributed by atoms with Crippen LogP contribution in [0.15, 0.2) is 0 Å². The Labute approximate surface area is 129 Å². The summed E-state index contributed by atoms with van der Waals surface area (Å²) in [5.41, 5.74) is 0. The monoisotopic (exact) mass is 296 g/mol. The van der Waals surface area contributed by atoms with E-state index in [1.807, 2.05) is 0 Å². The number of amides is 1. The minimum absolute atomic E-state index is 0.146. The van der Waals surface area contributed by atoms with Gasteiger partial charge >= 0.3 is 0 Å². The van der Waals surface area contributed by atoms with Gasteiger partial charge in [0.05, 0.1) is 12.7 Å². The molecule has 1 saturated carbocycles. The molecule has 1 saturated heterocycles. The van der Waals surface area contributed by atoms with Crippen LogP contribution in [0.25, 0.3) is 0 Å². The minimum Gasteiger partial charge on any atom is -0.378 e. The Kier molecular flexibility index (Phi) is 7.51. The molecule has 2 rings (SSSR count). The minimum atomic E-state index is 0.146. The molecule has 21 heavy (non-hydrogen) atoms. The Balaban J connectivity index is 1.47. The van der Waals surface area contributed by atoms with Gasteiger partial charge in [-0.25, -0.2) is 0 Å². The average molecular weight is 296 g/mol. The van der Waals surface area contributed by atoms with Crippen LogP contribution in [0.5, 0.6) is 0 Å². The van der Waals surface area contributed by atoms with Gasteiger partial charge in [-0.2, -0.15) is 0 Å². The summed E-state index contributed by atoms with van der Waals surface area (Å²) in [4.78, 5) is 11.8. The van der Waals surface area contributed by atoms with Crippen molar-refractivity contribution < 1.29 is 9.53 Å². The largest absolute Gasteiger partial charge is 0.378 e. The summed E-state index contributed by atoms with van der Waals surface area (Å²) >= 11 is 0. The first-order valence-corrected chi connectivity index (χ1v) is 8.83. The zero-order valence-corrected chi connectivity index (χ0v) is 13.5. The van der Waals surface area contributed by atoms with Crippen LogP contribution >= 0.6 is 0 Å². The van der Waals surface area contributed by atoms with E-state index in [0.717, 1.165) is 50.7 Å². The Morgan fingerprint density at radius 3 is 2.81 bits per heavy atom. The molecule has 2 atom stereocenters. The van der Waals surface area contributed by atoms with Crippen molar-refractivity contribution in [3.05, 3.63) is 0 Å².